The van der Waals surface area contributed by atoms with Crippen molar-refractivity contribution in [3.8, 4) is 5.75 Å². The van der Waals surface area contributed by atoms with Gasteiger partial charge in [-0.2, -0.15) is 0 Å². The second kappa shape index (κ2) is 5.39. The molecule has 1 aromatic carbocycles. The van der Waals surface area contributed by atoms with Crippen LogP contribution in [0.25, 0.3) is 0 Å². The summed E-state index contributed by atoms with van der Waals surface area (Å²) in [5, 5.41) is 8.57. The predicted octanol–water partition coefficient (Wildman–Crippen LogP) is 2.66. The zero-order chi connectivity index (χ0) is 11.3. The molecule has 0 heterocycles. The Balaban J connectivity index is 2.57. The highest BCUT2D eigenvalue weighted by Crippen LogP contribution is 2.22. The molecule has 15 heavy (non-hydrogen) atoms. The molecule has 3 heteroatoms. The smallest absolute Gasteiger partial charge is 0.303 e. The topological polar surface area (TPSA) is 46.5 Å². The molecule has 82 valence electrons. The minimum absolute atomic E-state index is 0.215. The van der Waals surface area contributed by atoms with Crippen LogP contribution in [0.2, 0.25) is 0 Å². The van der Waals surface area contributed by atoms with Crippen LogP contribution in [0.1, 0.15) is 31.2 Å². The van der Waals surface area contributed by atoms with Crippen molar-refractivity contribution in [2.45, 2.75) is 25.7 Å². The second-order valence-corrected chi connectivity index (χ2v) is 3.61. The van der Waals surface area contributed by atoms with Gasteiger partial charge in [-0.1, -0.05) is 19.1 Å². The van der Waals surface area contributed by atoms with Gasteiger partial charge in [0, 0.05) is 6.42 Å². The molecular weight excluding hydrogens is 192 g/mol. The van der Waals surface area contributed by atoms with Gasteiger partial charge in [0.15, 0.2) is 0 Å². The summed E-state index contributed by atoms with van der Waals surface area (Å²) in [6.45, 7) is 2.03. The lowest BCUT2D eigenvalue weighted by atomic mass is 9.96. The van der Waals surface area contributed by atoms with Crippen LogP contribution in [0.4, 0.5) is 0 Å². The minimum atomic E-state index is -0.740. The Kier molecular flexibility index (Phi) is 4.16. The highest BCUT2D eigenvalue weighted by atomic mass is 16.5. The quantitative estimate of drug-likeness (QED) is 0.809. The van der Waals surface area contributed by atoms with Crippen molar-refractivity contribution in [1.82, 2.24) is 0 Å². The molecule has 0 aliphatic carbocycles. The Morgan fingerprint density at radius 3 is 2.47 bits per heavy atom. The first-order chi connectivity index (χ1) is 7.13. The first kappa shape index (κ1) is 11.6. The average molecular weight is 208 g/mol. The molecule has 0 bridgehead atoms. The molecule has 1 rings (SSSR count). The van der Waals surface area contributed by atoms with Crippen molar-refractivity contribution < 1.29 is 14.6 Å². The first-order valence-corrected chi connectivity index (χ1v) is 4.99. The molecule has 3 nitrogen and oxygen atoms in total. The fraction of sp³-hybridized carbons (Fsp3) is 0.417. The van der Waals surface area contributed by atoms with Crippen LogP contribution < -0.4 is 4.74 Å². The maximum absolute atomic E-state index is 10.4. The van der Waals surface area contributed by atoms with Crippen LogP contribution in [0.15, 0.2) is 24.3 Å². The summed E-state index contributed by atoms with van der Waals surface area (Å²) in [4.78, 5) is 10.4. The van der Waals surface area contributed by atoms with Crippen LogP contribution in [0.3, 0.4) is 0 Å². The molecule has 0 fully saturated rings. The minimum Gasteiger partial charge on any atom is -0.497 e. The number of methoxy groups -OCH3 is 1. The number of ether oxygens (including phenoxy) is 1. The summed E-state index contributed by atoms with van der Waals surface area (Å²) >= 11 is 0. The predicted molar refractivity (Wildman–Crippen MR) is 58.3 cm³/mol. The Hall–Kier alpha value is -1.51. The van der Waals surface area contributed by atoms with Crippen molar-refractivity contribution in [2.24, 2.45) is 0 Å². The number of carboxylic acid groups (broad SMARTS) is 1. The molecule has 0 aliphatic heterocycles. The number of aliphatic carboxylic acids is 1. The summed E-state index contributed by atoms with van der Waals surface area (Å²) in [5.74, 6) is 0.353. The summed E-state index contributed by atoms with van der Waals surface area (Å²) in [6, 6.07) is 7.75. The molecule has 0 radical (unpaired) electrons. The molecule has 0 aliphatic rings. The Morgan fingerprint density at radius 2 is 2.00 bits per heavy atom. The third kappa shape index (κ3) is 3.62. The molecule has 1 N–H and O–H groups in total. The van der Waals surface area contributed by atoms with Crippen LogP contribution in [0.5, 0.6) is 5.75 Å². The molecule has 1 atom stereocenters. The molecule has 0 spiro atoms. The number of hydrogen-bond donors (Lipinski definition) is 1. The molecule has 0 amide bonds. The largest absolute Gasteiger partial charge is 0.497 e. The molecule has 1 aromatic rings. The van der Waals surface area contributed by atoms with E-state index in [9.17, 15) is 4.79 Å². The number of carbonyl (C=O) groups is 1. The fourth-order valence-corrected chi connectivity index (χ4v) is 1.44. The van der Waals surface area contributed by atoms with Gasteiger partial charge in [-0.25, -0.2) is 0 Å². The molecule has 0 aromatic heterocycles. The molecule has 0 saturated heterocycles. The van der Waals surface area contributed by atoms with Crippen LogP contribution in [-0.2, 0) is 4.79 Å². The standard InChI is InChI=1S/C12H16O3/c1-9(3-8-12(13)14)10-4-6-11(15-2)7-5-10/h4-7,9H,3,8H2,1-2H3,(H,13,14). The van der Waals surface area contributed by atoms with E-state index in [1.54, 1.807) is 7.11 Å². The van der Waals surface area contributed by atoms with Crippen LogP contribution >= 0.6 is 0 Å². The highest BCUT2D eigenvalue weighted by Gasteiger charge is 2.07. The van der Waals surface area contributed by atoms with Crippen LogP contribution in [0, 0.1) is 0 Å². The second-order valence-electron chi connectivity index (χ2n) is 3.61. The normalized spacial score (nSPS) is 12.1. The number of benzene rings is 1. The van der Waals surface area contributed by atoms with Crippen molar-refractivity contribution in [1.29, 1.82) is 0 Å². The Bertz CT molecular complexity index is 316. The summed E-state index contributed by atoms with van der Waals surface area (Å²) < 4.78 is 5.05. The van der Waals surface area contributed by atoms with E-state index >= 15 is 0 Å². The van der Waals surface area contributed by atoms with E-state index in [2.05, 4.69) is 0 Å². The van der Waals surface area contributed by atoms with E-state index < -0.39 is 5.97 Å². The lowest BCUT2D eigenvalue weighted by Gasteiger charge is -2.10. The van der Waals surface area contributed by atoms with Gasteiger partial charge in [0.05, 0.1) is 7.11 Å². The van der Waals surface area contributed by atoms with Gasteiger partial charge in [0.2, 0.25) is 0 Å². The van der Waals surface area contributed by atoms with E-state index in [4.69, 9.17) is 9.84 Å². The molecular formula is C12H16O3. The highest BCUT2D eigenvalue weighted by molar-refractivity contribution is 5.66. The van der Waals surface area contributed by atoms with E-state index in [0.29, 0.717) is 6.42 Å². The lowest BCUT2D eigenvalue weighted by molar-refractivity contribution is -0.137. The Morgan fingerprint density at radius 1 is 1.40 bits per heavy atom. The van der Waals surface area contributed by atoms with Gasteiger partial charge in [-0.3, -0.25) is 4.79 Å². The zero-order valence-corrected chi connectivity index (χ0v) is 9.06. The van der Waals surface area contributed by atoms with E-state index in [-0.39, 0.29) is 12.3 Å². The zero-order valence-electron chi connectivity index (χ0n) is 9.06. The molecule has 1 unspecified atom stereocenters. The van der Waals surface area contributed by atoms with Crippen molar-refractivity contribution in [3.05, 3.63) is 29.8 Å². The van der Waals surface area contributed by atoms with Crippen molar-refractivity contribution in [3.63, 3.8) is 0 Å². The van der Waals surface area contributed by atoms with Gasteiger partial charge < -0.3 is 9.84 Å². The van der Waals surface area contributed by atoms with Crippen molar-refractivity contribution >= 4 is 5.97 Å². The summed E-state index contributed by atoms with van der Waals surface area (Å²) in [7, 11) is 1.63. The van der Waals surface area contributed by atoms with Crippen molar-refractivity contribution in [2.75, 3.05) is 7.11 Å². The fourth-order valence-electron chi connectivity index (χ4n) is 1.44. The third-order valence-electron chi connectivity index (χ3n) is 2.48. The molecule has 0 saturated carbocycles. The number of rotatable bonds is 5. The monoisotopic (exact) mass is 208 g/mol. The number of carboxylic acids is 1. The first-order valence-electron chi connectivity index (χ1n) is 4.99. The maximum Gasteiger partial charge on any atom is 0.303 e. The van der Waals surface area contributed by atoms with E-state index in [1.807, 2.05) is 31.2 Å². The lowest BCUT2D eigenvalue weighted by Crippen LogP contribution is -2.00. The summed E-state index contributed by atoms with van der Waals surface area (Å²) in [6.07, 6.45) is 0.884. The van der Waals surface area contributed by atoms with E-state index in [1.165, 1.54) is 0 Å². The van der Waals surface area contributed by atoms with Crippen LogP contribution in [-0.4, -0.2) is 18.2 Å². The number of hydrogen-bond acceptors (Lipinski definition) is 2. The van der Waals surface area contributed by atoms with E-state index in [0.717, 1.165) is 11.3 Å². The van der Waals surface area contributed by atoms with Gasteiger partial charge in [0.1, 0.15) is 5.75 Å². The SMILES string of the molecule is COc1ccc(C(C)CCC(=O)O)cc1. The third-order valence-corrected chi connectivity index (χ3v) is 2.48. The average Bonchev–Trinajstić information content (AvgIpc) is 2.26. The maximum atomic E-state index is 10.4. The van der Waals surface area contributed by atoms with Gasteiger partial charge >= 0.3 is 5.97 Å². The van der Waals surface area contributed by atoms with Gasteiger partial charge in [-0.05, 0) is 30.0 Å². The summed E-state index contributed by atoms with van der Waals surface area (Å²) in [5.41, 5.74) is 1.15. The Labute approximate surface area is 89.7 Å². The van der Waals surface area contributed by atoms with Gasteiger partial charge in [-0.15, -0.1) is 0 Å². The van der Waals surface area contributed by atoms with Gasteiger partial charge in [0.25, 0.3) is 0 Å².